The van der Waals surface area contributed by atoms with Crippen molar-refractivity contribution >= 4 is 23.2 Å². The molecule has 150 valence electrons. The van der Waals surface area contributed by atoms with Gasteiger partial charge in [-0.2, -0.15) is 0 Å². The Morgan fingerprint density at radius 1 is 1.11 bits per heavy atom. The van der Waals surface area contributed by atoms with Gasteiger partial charge in [-0.1, -0.05) is 19.9 Å². The molecule has 2 aromatic rings. The predicted octanol–water partition coefficient (Wildman–Crippen LogP) is 4.35. The van der Waals surface area contributed by atoms with Gasteiger partial charge in [0.15, 0.2) is 5.76 Å². The number of amides is 2. The second kappa shape index (κ2) is 9.06. The van der Waals surface area contributed by atoms with Crippen molar-refractivity contribution in [2.45, 2.75) is 53.0 Å². The molecule has 28 heavy (non-hydrogen) atoms. The SMILES string of the molecule is CCC(=O)Nc1ccc(C)c(NC(=O)c2cc(CN3CCCC3)c(CC)o2)c1. The zero-order valence-electron chi connectivity index (χ0n) is 16.9. The lowest BCUT2D eigenvalue weighted by molar-refractivity contribution is -0.115. The molecule has 1 aromatic carbocycles. The second-order valence-electron chi connectivity index (χ2n) is 7.28. The Kier molecular flexibility index (Phi) is 6.52. The number of rotatable bonds is 7. The van der Waals surface area contributed by atoms with Gasteiger partial charge in [0.2, 0.25) is 5.91 Å². The molecule has 1 aliphatic rings. The van der Waals surface area contributed by atoms with Gasteiger partial charge in [-0.25, -0.2) is 0 Å². The normalized spacial score (nSPS) is 14.2. The van der Waals surface area contributed by atoms with Gasteiger partial charge in [0.25, 0.3) is 5.91 Å². The molecule has 1 fully saturated rings. The molecule has 1 aromatic heterocycles. The van der Waals surface area contributed by atoms with E-state index in [4.69, 9.17) is 4.42 Å². The first-order chi connectivity index (χ1) is 13.5. The maximum absolute atomic E-state index is 12.8. The quantitative estimate of drug-likeness (QED) is 0.745. The van der Waals surface area contributed by atoms with Crippen LogP contribution in [-0.2, 0) is 17.8 Å². The van der Waals surface area contributed by atoms with E-state index < -0.39 is 0 Å². The molecule has 0 atom stereocenters. The largest absolute Gasteiger partial charge is 0.456 e. The van der Waals surface area contributed by atoms with Crippen molar-refractivity contribution in [3.8, 4) is 0 Å². The van der Waals surface area contributed by atoms with Crippen LogP contribution in [0.5, 0.6) is 0 Å². The van der Waals surface area contributed by atoms with Crippen LogP contribution in [0.3, 0.4) is 0 Å². The number of anilines is 2. The van der Waals surface area contributed by atoms with Crippen molar-refractivity contribution in [1.29, 1.82) is 0 Å². The minimum Gasteiger partial charge on any atom is -0.456 e. The fourth-order valence-corrected chi connectivity index (χ4v) is 3.46. The summed E-state index contributed by atoms with van der Waals surface area (Å²) in [6, 6.07) is 7.34. The lowest BCUT2D eigenvalue weighted by atomic mass is 10.1. The third-order valence-corrected chi connectivity index (χ3v) is 5.12. The summed E-state index contributed by atoms with van der Waals surface area (Å²) in [4.78, 5) is 26.8. The lowest BCUT2D eigenvalue weighted by Crippen LogP contribution is -2.18. The van der Waals surface area contributed by atoms with Gasteiger partial charge in [0.1, 0.15) is 5.76 Å². The van der Waals surface area contributed by atoms with Gasteiger partial charge in [-0.3, -0.25) is 14.5 Å². The number of nitrogens with one attached hydrogen (secondary N) is 2. The van der Waals surface area contributed by atoms with E-state index in [0.717, 1.165) is 42.9 Å². The second-order valence-corrected chi connectivity index (χ2v) is 7.28. The number of hydrogen-bond donors (Lipinski definition) is 2. The van der Waals surface area contributed by atoms with Crippen LogP contribution in [0.1, 0.15) is 60.6 Å². The Morgan fingerprint density at radius 2 is 1.86 bits per heavy atom. The zero-order chi connectivity index (χ0) is 20.1. The molecule has 6 nitrogen and oxygen atoms in total. The number of hydrogen-bond acceptors (Lipinski definition) is 4. The lowest BCUT2D eigenvalue weighted by Gasteiger charge is -2.13. The number of likely N-dealkylation sites (tertiary alicyclic amines) is 1. The standard InChI is InChI=1S/C22H29N3O3/c1-4-19-16(14-25-10-6-7-11-25)12-20(28-19)22(27)24-18-13-17(9-8-15(18)3)23-21(26)5-2/h8-9,12-13H,4-7,10-11,14H2,1-3H3,(H,23,26)(H,24,27). The Hall–Kier alpha value is -2.60. The van der Waals surface area contributed by atoms with Gasteiger partial charge in [-0.15, -0.1) is 0 Å². The molecule has 2 heterocycles. The summed E-state index contributed by atoms with van der Waals surface area (Å²) in [5.41, 5.74) is 3.34. The summed E-state index contributed by atoms with van der Waals surface area (Å²) in [7, 11) is 0. The fourth-order valence-electron chi connectivity index (χ4n) is 3.46. The molecule has 6 heteroatoms. The summed E-state index contributed by atoms with van der Waals surface area (Å²) in [5.74, 6) is 0.863. The number of benzene rings is 1. The highest BCUT2D eigenvalue weighted by Gasteiger charge is 2.20. The fraction of sp³-hybridized carbons (Fsp3) is 0.455. The van der Waals surface area contributed by atoms with Crippen LogP contribution in [0, 0.1) is 6.92 Å². The molecule has 0 saturated carbocycles. The highest BCUT2D eigenvalue weighted by molar-refractivity contribution is 6.03. The van der Waals surface area contributed by atoms with Gasteiger partial charge >= 0.3 is 0 Å². The maximum Gasteiger partial charge on any atom is 0.291 e. The van der Waals surface area contributed by atoms with E-state index in [2.05, 4.69) is 15.5 Å². The van der Waals surface area contributed by atoms with Gasteiger partial charge in [0.05, 0.1) is 0 Å². The minimum atomic E-state index is -0.274. The first kappa shape index (κ1) is 20.1. The highest BCUT2D eigenvalue weighted by Crippen LogP contribution is 2.24. The van der Waals surface area contributed by atoms with E-state index in [1.807, 2.05) is 32.0 Å². The van der Waals surface area contributed by atoms with Crippen molar-refractivity contribution in [2.24, 2.45) is 0 Å². The predicted molar refractivity (Wildman–Crippen MR) is 111 cm³/mol. The molecule has 1 aliphatic heterocycles. The van der Waals surface area contributed by atoms with Crippen molar-refractivity contribution in [2.75, 3.05) is 23.7 Å². The molecule has 2 amide bonds. The number of nitrogens with zero attached hydrogens (tertiary/aromatic N) is 1. The van der Waals surface area contributed by atoms with Crippen LogP contribution in [0.4, 0.5) is 11.4 Å². The molecule has 3 rings (SSSR count). The van der Waals surface area contributed by atoms with Gasteiger partial charge in [-0.05, 0) is 56.6 Å². The topological polar surface area (TPSA) is 74.6 Å². The van der Waals surface area contributed by atoms with Crippen molar-refractivity contribution in [3.63, 3.8) is 0 Å². The molecular formula is C22H29N3O3. The third-order valence-electron chi connectivity index (χ3n) is 5.12. The average Bonchev–Trinajstić information content (AvgIpc) is 3.34. The number of furan rings is 1. The molecule has 0 bridgehead atoms. The van der Waals surface area contributed by atoms with E-state index in [9.17, 15) is 9.59 Å². The van der Waals surface area contributed by atoms with Crippen LogP contribution < -0.4 is 10.6 Å². The van der Waals surface area contributed by atoms with E-state index in [-0.39, 0.29) is 11.8 Å². The summed E-state index contributed by atoms with van der Waals surface area (Å²) in [6.07, 6.45) is 3.63. The number of carbonyl (C=O) groups excluding carboxylic acids is 2. The number of aryl methyl sites for hydroxylation is 2. The Balaban J connectivity index is 1.74. The maximum atomic E-state index is 12.8. The molecule has 0 spiro atoms. The van der Waals surface area contributed by atoms with Crippen LogP contribution in [0.2, 0.25) is 0 Å². The van der Waals surface area contributed by atoms with Crippen molar-refractivity contribution < 1.29 is 14.0 Å². The molecule has 0 unspecified atom stereocenters. The van der Waals surface area contributed by atoms with E-state index in [1.54, 1.807) is 13.0 Å². The van der Waals surface area contributed by atoms with Crippen LogP contribution in [0.25, 0.3) is 0 Å². The molecule has 0 aliphatic carbocycles. The van der Waals surface area contributed by atoms with Crippen LogP contribution in [0.15, 0.2) is 28.7 Å². The summed E-state index contributed by atoms with van der Waals surface area (Å²) in [6.45, 7) is 8.79. The Morgan fingerprint density at radius 3 is 2.54 bits per heavy atom. The highest BCUT2D eigenvalue weighted by atomic mass is 16.4. The van der Waals surface area contributed by atoms with Crippen molar-refractivity contribution in [1.82, 2.24) is 4.90 Å². The van der Waals surface area contributed by atoms with E-state index in [0.29, 0.717) is 23.6 Å². The zero-order valence-corrected chi connectivity index (χ0v) is 16.9. The number of carbonyl (C=O) groups is 2. The Bertz CT molecular complexity index is 851. The molecular weight excluding hydrogens is 354 g/mol. The Labute approximate surface area is 166 Å². The van der Waals surface area contributed by atoms with E-state index >= 15 is 0 Å². The van der Waals surface area contributed by atoms with E-state index in [1.165, 1.54) is 12.8 Å². The van der Waals surface area contributed by atoms with Crippen LogP contribution >= 0.6 is 0 Å². The first-order valence-corrected chi connectivity index (χ1v) is 10.1. The monoisotopic (exact) mass is 383 g/mol. The molecule has 0 radical (unpaired) electrons. The molecule has 1 saturated heterocycles. The minimum absolute atomic E-state index is 0.0636. The third kappa shape index (κ3) is 4.81. The smallest absolute Gasteiger partial charge is 0.291 e. The first-order valence-electron chi connectivity index (χ1n) is 10.1. The average molecular weight is 383 g/mol. The summed E-state index contributed by atoms with van der Waals surface area (Å²) >= 11 is 0. The summed E-state index contributed by atoms with van der Waals surface area (Å²) in [5, 5.41) is 5.73. The van der Waals surface area contributed by atoms with Crippen LogP contribution in [-0.4, -0.2) is 29.8 Å². The van der Waals surface area contributed by atoms with Crippen molar-refractivity contribution in [3.05, 3.63) is 46.9 Å². The van der Waals surface area contributed by atoms with Gasteiger partial charge < -0.3 is 15.1 Å². The molecule has 2 N–H and O–H groups in total. The van der Waals surface area contributed by atoms with Gasteiger partial charge in [0, 0.05) is 36.3 Å². The summed E-state index contributed by atoms with van der Waals surface area (Å²) < 4.78 is 5.85.